The predicted molar refractivity (Wildman–Crippen MR) is 194 cm³/mol. The molecule has 5 atom stereocenters. The number of hydrogen-bond donors (Lipinski definition) is 1. The van der Waals surface area contributed by atoms with E-state index >= 15 is 0 Å². The third kappa shape index (κ3) is 11.1. The van der Waals surface area contributed by atoms with Gasteiger partial charge in [-0.05, 0) is 73.6 Å². The van der Waals surface area contributed by atoms with Crippen molar-refractivity contribution in [3.8, 4) is 0 Å². The summed E-state index contributed by atoms with van der Waals surface area (Å²) >= 11 is 0. The van der Waals surface area contributed by atoms with Crippen LogP contribution in [0.25, 0.3) is 0 Å². The SMILES string of the molecule is CC(C)(C)[Si](C)(C)OCCC[C@H]1O[C@@H](CCOCc2ccccc2)[C@H](OCc2ccccc2)C[C@@H](O[Si](C)(C)C(C)(C)C)[C@@]1(C)O. The van der Waals surface area contributed by atoms with Gasteiger partial charge in [-0.1, -0.05) is 102 Å². The van der Waals surface area contributed by atoms with E-state index in [4.69, 9.17) is 23.1 Å². The Kier molecular flexibility index (Phi) is 13.9. The van der Waals surface area contributed by atoms with E-state index in [1.807, 2.05) is 43.3 Å². The van der Waals surface area contributed by atoms with Gasteiger partial charge in [-0.2, -0.15) is 0 Å². The van der Waals surface area contributed by atoms with Gasteiger partial charge >= 0.3 is 0 Å². The Balaban J connectivity index is 1.86. The van der Waals surface area contributed by atoms with E-state index in [0.717, 1.165) is 17.5 Å². The van der Waals surface area contributed by atoms with Gasteiger partial charge in [0.15, 0.2) is 16.6 Å². The first-order chi connectivity index (χ1) is 21.3. The highest BCUT2D eigenvalue weighted by atomic mass is 28.4. The molecule has 1 saturated heterocycles. The molecule has 46 heavy (non-hydrogen) atoms. The maximum Gasteiger partial charge on any atom is 0.192 e. The van der Waals surface area contributed by atoms with Gasteiger partial charge in [-0.3, -0.25) is 0 Å². The van der Waals surface area contributed by atoms with Crippen LogP contribution in [0, 0.1) is 0 Å². The van der Waals surface area contributed by atoms with Crippen molar-refractivity contribution in [1.82, 2.24) is 0 Å². The van der Waals surface area contributed by atoms with Crippen LogP contribution in [-0.2, 0) is 36.3 Å². The van der Waals surface area contributed by atoms with Crippen LogP contribution in [0.15, 0.2) is 60.7 Å². The Morgan fingerprint density at radius 3 is 1.87 bits per heavy atom. The minimum atomic E-state index is -2.24. The van der Waals surface area contributed by atoms with Crippen LogP contribution >= 0.6 is 0 Å². The molecular formula is C38H64O6Si2. The quantitative estimate of drug-likeness (QED) is 0.150. The van der Waals surface area contributed by atoms with Gasteiger partial charge < -0.3 is 28.2 Å². The molecule has 1 N–H and O–H groups in total. The minimum absolute atomic E-state index is 0.00613. The molecule has 1 fully saturated rings. The van der Waals surface area contributed by atoms with Crippen molar-refractivity contribution < 1.29 is 28.2 Å². The second-order valence-corrected chi connectivity index (χ2v) is 26.0. The Bertz CT molecular complexity index is 1160. The van der Waals surface area contributed by atoms with E-state index < -0.39 is 34.4 Å². The van der Waals surface area contributed by atoms with E-state index in [2.05, 4.69) is 92.0 Å². The Morgan fingerprint density at radius 2 is 1.33 bits per heavy atom. The highest BCUT2D eigenvalue weighted by molar-refractivity contribution is 6.74. The summed E-state index contributed by atoms with van der Waals surface area (Å²) < 4.78 is 33.4. The van der Waals surface area contributed by atoms with Gasteiger partial charge in [0, 0.05) is 19.6 Å². The lowest BCUT2D eigenvalue weighted by atomic mass is 9.87. The molecule has 0 spiro atoms. The van der Waals surface area contributed by atoms with E-state index in [0.29, 0.717) is 45.7 Å². The molecule has 0 aliphatic carbocycles. The number of hydrogen-bond acceptors (Lipinski definition) is 6. The molecule has 1 aliphatic heterocycles. The predicted octanol–water partition coefficient (Wildman–Crippen LogP) is 9.28. The van der Waals surface area contributed by atoms with Crippen molar-refractivity contribution >= 4 is 16.6 Å². The second-order valence-electron chi connectivity index (χ2n) is 16.4. The van der Waals surface area contributed by atoms with Crippen molar-refractivity contribution in [2.75, 3.05) is 13.2 Å². The van der Waals surface area contributed by atoms with Crippen LogP contribution in [0.2, 0.25) is 36.3 Å². The third-order valence-corrected chi connectivity index (χ3v) is 19.6. The van der Waals surface area contributed by atoms with Crippen molar-refractivity contribution in [1.29, 1.82) is 0 Å². The molecule has 6 nitrogen and oxygen atoms in total. The summed E-state index contributed by atoms with van der Waals surface area (Å²) in [5, 5.41) is 12.5. The molecule has 1 heterocycles. The molecule has 0 aromatic heterocycles. The second kappa shape index (κ2) is 16.4. The van der Waals surface area contributed by atoms with Gasteiger partial charge in [0.25, 0.3) is 0 Å². The van der Waals surface area contributed by atoms with Gasteiger partial charge in [0.2, 0.25) is 0 Å². The molecule has 3 rings (SSSR count). The lowest BCUT2D eigenvalue weighted by molar-refractivity contribution is -0.163. The first kappa shape index (κ1) is 39.1. The molecule has 260 valence electrons. The summed E-state index contributed by atoms with van der Waals surface area (Å²) in [6.07, 6.45) is 1.28. The van der Waals surface area contributed by atoms with Crippen LogP contribution in [0.1, 0.15) is 85.3 Å². The van der Waals surface area contributed by atoms with Crippen LogP contribution in [0.4, 0.5) is 0 Å². The highest BCUT2D eigenvalue weighted by Gasteiger charge is 2.51. The summed E-state index contributed by atoms with van der Waals surface area (Å²) in [6.45, 7) is 26.7. The van der Waals surface area contributed by atoms with E-state index in [1.165, 1.54) is 0 Å². The number of rotatable bonds is 15. The van der Waals surface area contributed by atoms with Crippen molar-refractivity contribution in [2.24, 2.45) is 0 Å². The zero-order valence-electron chi connectivity index (χ0n) is 30.7. The molecule has 0 unspecified atom stereocenters. The lowest BCUT2D eigenvalue weighted by Gasteiger charge is -2.45. The highest BCUT2D eigenvalue weighted by Crippen LogP contribution is 2.43. The summed E-state index contributed by atoms with van der Waals surface area (Å²) in [5.74, 6) is 0. The first-order valence-electron chi connectivity index (χ1n) is 17.3. The Hall–Kier alpha value is -1.37. The maximum absolute atomic E-state index is 12.4. The first-order valence-corrected chi connectivity index (χ1v) is 23.1. The third-order valence-electron chi connectivity index (χ3n) is 10.6. The normalized spacial score (nSPS) is 25.0. The molecule has 1 aliphatic rings. The number of benzene rings is 2. The van der Waals surface area contributed by atoms with Gasteiger partial charge in [-0.25, -0.2) is 0 Å². The Morgan fingerprint density at radius 1 is 0.783 bits per heavy atom. The van der Waals surface area contributed by atoms with Crippen LogP contribution in [-0.4, -0.2) is 65.0 Å². The summed E-state index contributed by atoms with van der Waals surface area (Å²) in [7, 11) is -4.12. The molecule has 0 bridgehead atoms. The van der Waals surface area contributed by atoms with Crippen LogP contribution < -0.4 is 0 Å². The topological polar surface area (TPSA) is 66.4 Å². The van der Waals surface area contributed by atoms with Gasteiger partial charge in [0.05, 0.1) is 37.6 Å². The summed E-state index contributed by atoms with van der Waals surface area (Å²) in [4.78, 5) is 0. The minimum Gasteiger partial charge on any atom is -0.417 e. The number of aliphatic hydroxyl groups is 1. The molecule has 0 amide bonds. The number of ether oxygens (including phenoxy) is 3. The fourth-order valence-electron chi connectivity index (χ4n) is 5.29. The zero-order valence-corrected chi connectivity index (χ0v) is 32.7. The molecular weight excluding hydrogens is 609 g/mol. The summed E-state index contributed by atoms with van der Waals surface area (Å²) in [5.41, 5.74) is 1.05. The fourth-order valence-corrected chi connectivity index (χ4v) is 7.78. The van der Waals surface area contributed by atoms with Crippen molar-refractivity contribution in [2.45, 2.75) is 154 Å². The average Bonchev–Trinajstić information content (AvgIpc) is 3.06. The average molecular weight is 673 g/mol. The smallest absolute Gasteiger partial charge is 0.192 e. The van der Waals surface area contributed by atoms with Crippen LogP contribution in [0.3, 0.4) is 0 Å². The molecule has 2 aromatic rings. The molecule has 2 aromatic carbocycles. The molecule has 0 saturated carbocycles. The van der Waals surface area contributed by atoms with E-state index in [1.54, 1.807) is 0 Å². The monoisotopic (exact) mass is 672 g/mol. The van der Waals surface area contributed by atoms with Crippen LogP contribution in [0.5, 0.6) is 0 Å². The fraction of sp³-hybridized carbons (Fsp3) is 0.684. The Labute approximate surface area is 282 Å². The zero-order chi connectivity index (χ0) is 34.2. The van der Waals surface area contributed by atoms with Gasteiger partial charge in [-0.15, -0.1) is 0 Å². The van der Waals surface area contributed by atoms with Crippen molar-refractivity contribution in [3.05, 3.63) is 71.8 Å². The standard InChI is InChI=1S/C38H64O6Si2/c1-36(2,3)45(8,9)42-25-18-23-34-38(7,39)35(44-46(10,11)37(4,5)6)27-33(41-29-31-21-16-13-17-22-31)32(43-34)24-26-40-28-30-19-14-12-15-20-30/h12-17,19-22,32-35,39H,18,23-29H2,1-11H3/t32-,33+,34+,35+,38-/m0/s1. The van der Waals surface area contributed by atoms with Crippen molar-refractivity contribution in [3.63, 3.8) is 0 Å². The lowest BCUT2D eigenvalue weighted by Crippen LogP contribution is -2.56. The molecule has 0 radical (unpaired) electrons. The summed E-state index contributed by atoms with van der Waals surface area (Å²) in [6, 6.07) is 20.5. The largest absolute Gasteiger partial charge is 0.417 e. The van der Waals surface area contributed by atoms with E-state index in [-0.39, 0.29) is 22.3 Å². The maximum atomic E-state index is 12.4. The van der Waals surface area contributed by atoms with Gasteiger partial charge in [0.1, 0.15) is 5.60 Å². The molecule has 8 heteroatoms. The van der Waals surface area contributed by atoms with E-state index in [9.17, 15) is 5.11 Å².